The summed E-state index contributed by atoms with van der Waals surface area (Å²) in [6.45, 7) is 0. The molecule has 2 N–H and O–H groups in total. The molecule has 0 unspecified atom stereocenters. The molecular formula is C16H11N3O. The zero-order valence-electron chi connectivity index (χ0n) is 10.6. The van der Waals surface area contributed by atoms with Gasteiger partial charge >= 0.3 is 0 Å². The van der Waals surface area contributed by atoms with E-state index >= 15 is 0 Å². The Kier molecular flexibility index (Phi) is 2.23. The summed E-state index contributed by atoms with van der Waals surface area (Å²) in [5, 5.41) is 2.06. The van der Waals surface area contributed by atoms with Gasteiger partial charge in [0.25, 0.3) is 5.56 Å². The molecule has 0 saturated carbocycles. The molecule has 20 heavy (non-hydrogen) atoms. The molecule has 4 rings (SSSR count). The van der Waals surface area contributed by atoms with E-state index in [4.69, 9.17) is 0 Å². The predicted octanol–water partition coefficient (Wildman–Crippen LogP) is 3.07. The number of hydrogen-bond donors (Lipinski definition) is 2. The monoisotopic (exact) mass is 261 g/mol. The van der Waals surface area contributed by atoms with Crippen LogP contribution < -0.4 is 5.56 Å². The van der Waals surface area contributed by atoms with E-state index in [9.17, 15) is 4.79 Å². The number of para-hydroxylation sites is 1. The Bertz CT molecular complexity index is 949. The average Bonchev–Trinajstić information content (AvgIpc) is 2.90. The van der Waals surface area contributed by atoms with Crippen molar-refractivity contribution in [3.8, 4) is 11.3 Å². The molecule has 3 aromatic heterocycles. The van der Waals surface area contributed by atoms with Crippen molar-refractivity contribution in [1.29, 1.82) is 0 Å². The Morgan fingerprint density at radius 1 is 0.900 bits per heavy atom. The van der Waals surface area contributed by atoms with E-state index in [2.05, 4.69) is 15.0 Å². The van der Waals surface area contributed by atoms with Crippen molar-refractivity contribution in [3.05, 3.63) is 65.2 Å². The van der Waals surface area contributed by atoms with Crippen molar-refractivity contribution >= 4 is 21.8 Å². The van der Waals surface area contributed by atoms with E-state index in [1.54, 1.807) is 12.4 Å². The van der Waals surface area contributed by atoms with E-state index in [0.29, 0.717) is 5.56 Å². The highest BCUT2D eigenvalue weighted by atomic mass is 16.1. The van der Waals surface area contributed by atoms with Crippen molar-refractivity contribution in [2.24, 2.45) is 0 Å². The first-order chi connectivity index (χ1) is 9.81. The van der Waals surface area contributed by atoms with E-state index in [1.807, 2.05) is 42.5 Å². The van der Waals surface area contributed by atoms with Gasteiger partial charge in [0.1, 0.15) is 0 Å². The SMILES string of the molecule is O=c1[nH]c2ccccc2cc1-c1cc2ccncc2[nH]1. The first-order valence-electron chi connectivity index (χ1n) is 6.36. The molecule has 0 amide bonds. The standard InChI is InChI=1S/C16H11N3O/c20-16-12(7-10-3-1-2-4-13(10)19-16)14-8-11-5-6-17-9-15(11)18-14/h1-9,18H,(H,19,20). The van der Waals surface area contributed by atoms with Crippen LogP contribution in [0.1, 0.15) is 0 Å². The first kappa shape index (κ1) is 11.0. The van der Waals surface area contributed by atoms with E-state index in [1.165, 1.54) is 0 Å². The molecule has 0 radical (unpaired) electrons. The minimum atomic E-state index is -0.0942. The zero-order chi connectivity index (χ0) is 13.5. The Morgan fingerprint density at radius 3 is 2.65 bits per heavy atom. The minimum absolute atomic E-state index is 0.0942. The van der Waals surface area contributed by atoms with Crippen molar-refractivity contribution in [1.82, 2.24) is 15.0 Å². The molecule has 4 aromatic rings. The third-order valence-electron chi connectivity index (χ3n) is 3.47. The number of pyridine rings is 2. The normalized spacial score (nSPS) is 11.2. The van der Waals surface area contributed by atoms with Crippen LogP contribution in [-0.4, -0.2) is 15.0 Å². The summed E-state index contributed by atoms with van der Waals surface area (Å²) in [4.78, 5) is 22.4. The lowest BCUT2D eigenvalue weighted by Crippen LogP contribution is -2.08. The Hall–Kier alpha value is -2.88. The van der Waals surface area contributed by atoms with Crippen LogP contribution in [0.15, 0.2) is 59.7 Å². The zero-order valence-corrected chi connectivity index (χ0v) is 10.6. The Morgan fingerprint density at radius 2 is 1.75 bits per heavy atom. The minimum Gasteiger partial charge on any atom is -0.353 e. The first-order valence-corrected chi connectivity index (χ1v) is 6.36. The highest BCUT2D eigenvalue weighted by Gasteiger charge is 2.08. The van der Waals surface area contributed by atoms with Gasteiger partial charge in [0, 0.05) is 17.1 Å². The number of aromatic nitrogens is 3. The summed E-state index contributed by atoms with van der Waals surface area (Å²) in [5.74, 6) is 0. The summed E-state index contributed by atoms with van der Waals surface area (Å²) in [6.07, 6.45) is 3.50. The molecule has 0 spiro atoms. The van der Waals surface area contributed by atoms with E-state index in [-0.39, 0.29) is 5.56 Å². The lowest BCUT2D eigenvalue weighted by molar-refractivity contribution is 1.28. The molecule has 0 saturated heterocycles. The smallest absolute Gasteiger partial charge is 0.257 e. The number of rotatable bonds is 1. The molecule has 0 aliphatic carbocycles. The number of hydrogen-bond acceptors (Lipinski definition) is 2. The van der Waals surface area contributed by atoms with E-state index in [0.717, 1.165) is 27.5 Å². The molecule has 96 valence electrons. The number of benzene rings is 1. The molecule has 0 aliphatic heterocycles. The summed E-state index contributed by atoms with van der Waals surface area (Å²) < 4.78 is 0. The van der Waals surface area contributed by atoms with Crippen LogP contribution in [0.5, 0.6) is 0 Å². The van der Waals surface area contributed by atoms with Crippen molar-refractivity contribution in [3.63, 3.8) is 0 Å². The fraction of sp³-hybridized carbons (Fsp3) is 0. The van der Waals surface area contributed by atoms with Gasteiger partial charge in [-0.05, 0) is 29.7 Å². The number of fused-ring (bicyclic) bond motifs is 2. The Labute approximate surface area is 114 Å². The summed E-state index contributed by atoms with van der Waals surface area (Å²) >= 11 is 0. The van der Waals surface area contributed by atoms with Gasteiger partial charge in [0.2, 0.25) is 0 Å². The summed E-state index contributed by atoms with van der Waals surface area (Å²) in [6, 6.07) is 13.5. The summed E-state index contributed by atoms with van der Waals surface area (Å²) in [5.41, 5.74) is 3.12. The fourth-order valence-electron chi connectivity index (χ4n) is 2.46. The highest BCUT2D eigenvalue weighted by Crippen LogP contribution is 2.23. The molecule has 0 fully saturated rings. The van der Waals surface area contributed by atoms with Crippen LogP contribution in [0.3, 0.4) is 0 Å². The third-order valence-corrected chi connectivity index (χ3v) is 3.47. The van der Waals surface area contributed by atoms with Gasteiger partial charge in [-0.2, -0.15) is 0 Å². The van der Waals surface area contributed by atoms with Crippen molar-refractivity contribution in [2.75, 3.05) is 0 Å². The number of aromatic amines is 2. The maximum absolute atomic E-state index is 12.2. The topological polar surface area (TPSA) is 61.5 Å². The maximum atomic E-state index is 12.2. The average molecular weight is 261 g/mol. The molecule has 1 aromatic carbocycles. The lowest BCUT2D eigenvalue weighted by atomic mass is 10.1. The quantitative estimate of drug-likeness (QED) is 0.553. The second-order valence-corrected chi connectivity index (χ2v) is 4.75. The summed E-state index contributed by atoms with van der Waals surface area (Å²) in [7, 11) is 0. The van der Waals surface area contributed by atoms with Crippen LogP contribution in [0.4, 0.5) is 0 Å². The van der Waals surface area contributed by atoms with Gasteiger partial charge < -0.3 is 9.97 Å². The Balaban J connectivity index is 2.01. The molecule has 3 heterocycles. The van der Waals surface area contributed by atoms with Crippen LogP contribution in [0, 0.1) is 0 Å². The second-order valence-electron chi connectivity index (χ2n) is 4.75. The highest BCUT2D eigenvalue weighted by molar-refractivity contribution is 5.88. The van der Waals surface area contributed by atoms with Gasteiger partial charge in [-0.3, -0.25) is 9.78 Å². The van der Waals surface area contributed by atoms with Gasteiger partial charge in [-0.15, -0.1) is 0 Å². The van der Waals surface area contributed by atoms with Gasteiger partial charge in [0.05, 0.1) is 23.0 Å². The van der Waals surface area contributed by atoms with Crippen LogP contribution in [-0.2, 0) is 0 Å². The van der Waals surface area contributed by atoms with Gasteiger partial charge in [-0.25, -0.2) is 0 Å². The molecule has 4 heteroatoms. The van der Waals surface area contributed by atoms with Gasteiger partial charge in [0.15, 0.2) is 0 Å². The van der Waals surface area contributed by atoms with Crippen molar-refractivity contribution in [2.45, 2.75) is 0 Å². The number of H-pyrrole nitrogens is 2. The van der Waals surface area contributed by atoms with Crippen LogP contribution >= 0.6 is 0 Å². The molecule has 0 bridgehead atoms. The lowest BCUT2D eigenvalue weighted by Gasteiger charge is -2.01. The second kappa shape index (κ2) is 4.06. The molecule has 0 atom stereocenters. The number of nitrogens with one attached hydrogen (secondary N) is 2. The molecule has 0 aliphatic rings. The van der Waals surface area contributed by atoms with E-state index < -0.39 is 0 Å². The van der Waals surface area contributed by atoms with Crippen LogP contribution in [0.2, 0.25) is 0 Å². The predicted molar refractivity (Wildman–Crippen MR) is 79.7 cm³/mol. The third kappa shape index (κ3) is 1.62. The molecular weight excluding hydrogens is 250 g/mol. The molecule has 4 nitrogen and oxygen atoms in total. The van der Waals surface area contributed by atoms with Crippen LogP contribution in [0.25, 0.3) is 33.1 Å². The maximum Gasteiger partial charge on any atom is 0.257 e. The number of nitrogens with zero attached hydrogens (tertiary/aromatic N) is 1. The largest absolute Gasteiger partial charge is 0.353 e. The fourth-order valence-corrected chi connectivity index (χ4v) is 2.46. The van der Waals surface area contributed by atoms with Gasteiger partial charge in [-0.1, -0.05) is 18.2 Å². The van der Waals surface area contributed by atoms with Crippen molar-refractivity contribution < 1.29 is 0 Å².